The molecule has 0 saturated carbocycles. The minimum atomic E-state index is -0.196. The van der Waals surface area contributed by atoms with Crippen molar-refractivity contribution in [3.63, 3.8) is 0 Å². The van der Waals surface area contributed by atoms with Crippen LogP contribution in [0.25, 0.3) is 0 Å². The minimum absolute atomic E-state index is 0.196. The molecule has 20 heavy (non-hydrogen) atoms. The van der Waals surface area contributed by atoms with Gasteiger partial charge >= 0.3 is 0 Å². The molecule has 0 aliphatic heterocycles. The van der Waals surface area contributed by atoms with Crippen molar-refractivity contribution in [2.45, 2.75) is 13.8 Å². The highest BCUT2D eigenvalue weighted by atomic mass is 16.5. The smallest absolute Gasteiger partial charge is 0.228 e. The number of carbonyl (C=O) groups is 2. The quantitative estimate of drug-likeness (QED) is 0.867. The molecule has 1 aromatic heterocycles. The first-order chi connectivity index (χ1) is 9.52. The molecule has 0 aliphatic rings. The number of benzene rings is 1. The average molecular weight is 273 g/mol. The molecule has 0 unspecified atom stereocenters. The molecular formula is C14H15N3O3. The van der Waals surface area contributed by atoms with E-state index in [4.69, 9.17) is 4.74 Å². The molecule has 1 amide bonds. The van der Waals surface area contributed by atoms with Crippen LogP contribution in [0.2, 0.25) is 0 Å². The summed E-state index contributed by atoms with van der Waals surface area (Å²) in [5.74, 6) is 0.599. The third-order valence-corrected chi connectivity index (χ3v) is 2.74. The Hall–Kier alpha value is -2.63. The van der Waals surface area contributed by atoms with Crippen LogP contribution in [0.1, 0.15) is 23.0 Å². The second-order valence-electron chi connectivity index (χ2n) is 4.33. The summed E-state index contributed by atoms with van der Waals surface area (Å²) < 4.78 is 7.23. The number of nitrogens with one attached hydrogen (secondary N) is 1. The summed E-state index contributed by atoms with van der Waals surface area (Å²) in [5, 5.41) is 6.82. The van der Waals surface area contributed by atoms with Gasteiger partial charge in [-0.25, -0.2) is 4.68 Å². The third kappa shape index (κ3) is 2.69. The number of nitrogens with zero attached hydrogens (tertiary/aromatic N) is 2. The van der Waals surface area contributed by atoms with E-state index in [1.807, 2.05) is 0 Å². The molecule has 0 saturated heterocycles. The number of aryl methyl sites for hydroxylation is 2. The molecular weight excluding hydrogens is 258 g/mol. The minimum Gasteiger partial charge on any atom is -0.436 e. The van der Waals surface area contributed by atoms with E-state index in [0.29, 0.717) is 34.9 Å². The van der Waals surface area contributed by atoms with Gasteiger partial charge in [-0.15, -0.1) is 0 Å². The molecule has 2 rings (SSSR count). The monoisotopic (exact) mass is 273 g/mol. The molecule has 0 bridgehead atoms. The van der Waals surface area contributed by atoms with Crippen molar-refractivity contribution in [3.8, 4) is 11.6 Å². The van der Waals surface area contributed by atoms with Crippen LogP contribution in [0.3, 0.4) is 0 Å². The van der Waals surface area contributed by atoms with Gasteiger partial charge in [0, 0.05) is 14.0 Å². The number of para-hydroxylation sites is 2. The molecule has 1 heterocycles. The van der Waals surface area contributed by atoms with Crippen molar-refractivity contribution in [2.24, 2.45) is 7.05 Å². The molecule has 1 N–H and O–H groups in total. The summed E-state index contributed by atoms with van der Waals surface area (Å²) in [4.78, 5) is 22.3. The van der Waals surface area contributed by atoms with E-state index in [-0.39, 0.29) is 5.91 Å². The number of aldehydes is 1. The predicted octanol–water partition coefficient (Wildman–Crippen LogP) is 2.29. The molecule has 0 aliphatic carbocycles. The topological polar surface area (TPSA) is 73.2 Å². The summed E-state index contributed by atoms with van der Waals surface area (Å²) >= 11 is 0. The van der Waals surface area contributed by atoms with E-state index in [0.717, 1.165) is 0 Å². The van der Waals surface area contributed by atoms with Crippen molar-refractivity contribution >= 4 is 17.9 Å². The average Bonchev–Trinajstić information content (AvgIpc) is 2.65. The van der Waals surface area contributed by atoms with Crippen LogP contribution in [0.5, 0.6) is 11.6 Å². The van der Waals surface area contributed by atoms with Gasteiger partial charge in [-0.1, -0.05) is 12.1 Å². The zero-order valence-electron chi connectivity index (χ0n) is 11.5. The number of hydrogen-bond acceptors (Lipinski definition) is 4. The Balaban J connectivity index is 2.40. The van der Waals surface area contributed by atoms with Gasteiger partial charge in [0.05, 0.1) is 16.9 Å². The molecule has 2 aromatic rings. The largest absolute Gasteiger partial charge is 0.436 e. The summed E-state index contributed by atoms with van der Waals surface area (Å²) in [6, 6.07) is 7.00. The van der Waals surface area contributed by atoms with Gasteiger partial charge in [0.1, 0.15) is 0 Å². The Morgan fingerprint density at radius 3 is 2.75 bits per heavy atom. The molecule has 1 aromatic carbocycles. The fourth-order valence-corrected chi connectivity index (χ4v) is 1.86. The second-order valence-corrected chi connectivity index (χ2v) is 4.33. The summed E-state index contributed by atoms with van der Waals surface area (Å²) in [7, 11) is 1.69. The summed E-state index contributed by atoms with van der Waals surface area (Å²) in [6.07, 6.45) is 0.707. The Morgan fingerprint density at radius 2 is 2.10 bits per heavy atom. The lowest BCUT2D eigenvalue weighted by molar-refractivity contribution is -0.114. The highest BCUT2D eigenvalue weighted by Gasteiger charge is 2.16. The van der Waals surface area contributed by atoms with E-state index in [1.165, 1.54) is 11.6 Å². The third-order valence-electron chi connectivity index (χ3n) is 2.74. The van der Waals surface area contributed by atoms with Gasteiger partial charge < -0.3 is 10.1 Å². The van der Waals surface area contributed by atoms with Crippen LogP contribution >= 0.6 is 0 Å². The summed E-state index contributed by atoms with van der Waals surface area (Å²) in [6.45, 7) is 3.15. The first-order valence-electron chi connectivity index (χ1n) is 6.06. The lowest BCUT2D eigenvalue weighted by atomic mass is 10.2. The number of hydrogen-bond donors (Lipinski definition) is 1. The highest BCUT2D eigenvalue weighted by Crippen LogP contribution is 2.31. The first-order valence-corrected chi connectivity index (χ1v) is 6.06. The second kappa shape index (κ2) is 5.56. The maximum absolute atomic E-state index is 11.2. The fourth-order valence-electron chi connectivity index (χ4n) is 1.86. The van der Waals surface area contributed by atoms with E-state index >= 15 is 0 Å². The number of aromatic nitrogens is 2. The maximum atomic E-state index is 11.2. The van der Waals surface area contributed by atoms with Crippen LogP contribution in [0.15, 0.2) is 24.3 Å². The first kappa shape index (κ1) is 13.8. The highest BCUT2D eigenvalue weighted by molar-refractivity contribution is 5.90. The van der Waals surface area contributed by atoms with Crippen molar-refractivity contribution in [2.75, 3.05) is 5.32 Å². The number of anilines is 1. The van der Waals surface area contributed by atoms with Gasteiger partial charge in [0.25, 0.3) is 0 Å². The van der Waals surface area contributed by atoms with Gasteiger partial charge in [-0.3, -0.25) is 9.59 Å². The molecule has 0 radical (unpaired) electrons. The SMILES string of the molecule is CC(=O)Nc1ccccc1Oc1c(C=O)c(C)nn1C. The standard InChI is InChI=1S/C14H15N3O3/c1-9-11(8-18)14(17(3)16-9)20-13-7-5-4-6-12(13)15-10(2)19/h4-8H,1-3H3,(H,15,19). The van der Waals surface area contributed by atoms with Crippen molar-refractivity contribution in [3.05, 3.63) is 35.5 Å². The van der Waals surface area contributed by atoms with Crippen LogP contribution in [0.4, 0.5) is 5.69 Å². The molecule has 0 fully saturated rings. The van der Waals surface area contributed by atoms with Crippen molar-refractivity contribution < 1.29 is 14.3 Å². The van der Waals surface area contributed by atoms with Crippen LogP contribution < -0.4 is 10.1 Å². The number of rotatable bonds is 4. The van der Waals surface area contributed by atoms with Crippen molar-refractivity contribution in [1.29, 1.82) is 0 Å². The van der Waals surface area contributed by atoms with E-state index in [1.54, 1.807) is 38.2 Å². The number of amides is 1. The van der Waals surface area contributed by atoms with E-state index in [9.17, 15) is 9.59 Å². The maximum Gasteiger partial charge on any atom is 0.228 e. The van der Waals surface area contributed by atoms with Crippen LogP contribution in [0, 0.1) is 6.92 Å². The molecule has 104 valence electrons. The van der Waals surface area contributed by atoms with Gasteiger partial charge in [0.15, 0.2) is 12.0 Å². The Bertz CT molecular complexity index is 662. The molecule has 0 spiro atoms. The normalized spacial score (nSPS) is 10.2. The summed E-state index contributed by atoms with van der Waals surface area (Å²) in [5.41, 5.74) is 1.52. The van der Waals surface area contributed by atoms with Crippen molar-refractivity contribution in [1.82, 2.24) is 9.78 Å². The zero-order valence-corrected chi connectivity index (χ0v) is 11.5. The molecule has 6 heteroatoms. The lowest BCUT2D eigenvalue weighted by Gasteiger charge is -2.11. The number of carbonyl (C=O) groups excluding carboxylic acids is 2. The van der Waals surface area contributed by atoms with Crippen LogP contribution in [-0.4, -0.2) is 22.0 Å². The Labute approximate surface area is 116 Å². The predicted molar refractivity (Wildman–Crippen MR) is 74.2 cm³/mol. The van der Waals surface area contributed by atoms with E-state index in [2.05, 4.69) is 10.4 Å². The van der Waals surface area contributed by atoms with E-state index < -0.39 is 0 Å². The molecule has 6 nitrogen and oxygen atoms in total. The zero-order chi connectivity index (χ0) is 14.7. The van der Waals surface area contributed by atoms with Gasteiger partial charge in [-0.05, 0) is 19.1 Å². The van der Waals surface area contributed by atoms with Crippen LogP contribution in [-0.2, 0) is 11.8 Å². The Kier molecular flexibility index (Phi) is 3.84. The molecule has 0 atom stereocenters. The lowest BCUT2D eigenvalue weighted by Crippen LogP contribution is -2.07. The Morgan fingerprint density at radius 1 is 1.40 bits per heavy atom. The fraction of sp³-hybridized carbons (Fsp3) is 0.214. The van der Waals surface area contributed by atoms with Gasteiger partial charge in [-0.2, -0.15) is 5.10 Å². The number of ether oxygens (including phenoxy) is 1. The van der Waals surface area contributed by atoms with Gasteiger partial charge in [0.2, 0.25) is 11.8 Å².